The predicted molar refractivity (Wildman–Crippen MR) is 74.1 cm³/mol. The van der Waals surface area contributed by atoms with Gasteiger partial charge in [0.05, 0.1) is 5.60 Å². The molecule has 0 unspecified atom stereocenters. The van der Waals surface area contributed by atoms with Crippen molar-refractivity contribution in [2.45, 2.75) is 53.1 Å². The Morgan fingerprint density at radius 1 is 0.900 bits per heavy atom. The van der Waals surface area contributed by atoms with E-state index in [1.165, 1.54) is 0 Å². The lowest BCUT2D eigenvalue weighted by Gasteiger charge is -2.28. The third-order valence-electron chi connectivity index (χ3n) is 3.05. The molecule has 0 aromatic heterocycles. The highest BCUT2D eigenvalue weighted by Gasteiger charge is 2.23. The summed E-state index contributed by atoms with van der Waals surface area (Å²) in [6.07, 6.45) is 1.07. The molecule has 1 nitrogen and oxygen atoms in total. The van der Waals surface area contributed by atoms with Crippen LogP contribution in [0, 0.1) is 22.9 Å². The van der Waals surface area contributed by atoms with Gasteiger partial charge in [0.2, 0.25) is 0 Å². The Morgan fingerprint density at radius 3 is 2.00 bits per heavy atom. The molecule has 1 aromatic rings. The molecule has 0 amide bonds. The monoisotopic (exact) mass is 288 g/mol. The van der Waals surface area contributed by atoms with E-state index in [4.69, 9.17) is 4.74 Å². The van der Waals surface area contributed by atoms with Crippen LogP contribution >= 0.6 is 0 Å². The van der Waals surface area contributed by atoms with E-state index in [-0.39, 0.29) is 17.4 Å². The van der Waals surface area contributed by atoms with Crippen molar-refractivity contribution >= 4 is 0 Å². The first-order valence-electron chi connectivity index (χ1n) is 6.78. The van der Waals surface area contributed by atoms with Crippen molar-refractivity contribution in [1.82, 2.24) is 0 Å². The van der Waals surface area contributed by atoms with Crippen molar-refractivity contribution in [1.29, 1.82) is 0 Å². The van der Waals surface area contributed by atoms with Crippen LogP contribution in [0.1, 0.15) is 46.6 Å². The van der Waals surface area contributed by atoms with Crippen LogP contribution in [0.25, 0.3) is 0 Å². The largest absolute Gasteiger partial charge is 0.375 e. The molecule has 1 aromatic carbocycles. The summed E-state index contributed by atoms with van der Waals surface area (Å²) in [7, 11) is 0. The van der Waals surface area contributed by atoms with Gasteiger partial charge in [-0.1, -0.05) is 20.8 Å². The fourth-order valence-corrected chi connectivity index (χ4v) is 1.84. The Hall–Kier alpha value is -1.03. The van der Waals surface area contributed by atoms with Gasteiger partial charge in [0, 0.05) is 19.1 Å². The standard InChI is InChI=1S/C16H23F3O/c1-15(2,3)6-7-20-16(4,5)10-11-8-13(18)14(19)9-12(11)17/h8-9H,6-7,10H2,1-5H3. The van der Waals surface area contributed by atoms with Gasteiger partial charge in [-0.25, -0.2) is 13.2 Å². The van der Waals surface area contributed by atoms with E-state index >= 15 is 0 Å². The maximum atomic E-state index is 13.6. The third kappa shape index (κ3) is 5.53. The van der Waals surface area contributed by atoms with Crippen LogP contribution in [0.2, 0.25) is 0 Å². The lowest BCUT2D eigenvalue weighted by molar-refractivity contribution is -0.0275. The lowest BCUT2D eigenvalue weighted by atomic mass is 9.92. The first-order chi connectivity index (χ1) is 9.00. The third-order valence-corrected chi connectivity index (χ3v) is 3.05. The van der Waals surface area contributed by atoms with Crippen LogP contribution in [0.4, 0.5) is 13.2 Å². The molecular weight excluding hydrogens is 265 g/mol. The number of benzene rings is 1. The zero-order valence-electron chi connectivity index (χ0n) is 12.8. The summed E-state index contributed by atoms with van der Waals surface area (Å²) in [4.78, 5) is 0. The second-order valence-electron chi connectivity index (χ2n) is 6.95. The number of hydrogen-bond donors (Lipinski definition) is 0. The maximum absolute atomic E-state index is 13.6. The molecule has 0 atom stereocenters. The van der Waals surface area contributed by atoms with Crippen molar-refractivity contribution in [3.05, 3.63) is 35.1 Å². The highest BCUT2D eigenvalue weighted by Crippen LogP contribution is 2.24. The van der Waals surface area contributed by atoms with Crippen LogP contribution in [0.15, 0.2) is 12.1 Å². The molecule has 0 aliphatic rings. The molecule has 0 aliphatic carbocycles. The summed E-state index contributed by atoms with van der Waals surface area (Å²) in [5.41, 5.74) is -0.343. The minimum Gasteiger partial charge on any atom is -0.375 e. The Balaban J connectivity index is 2.68. The van der Waals surface area contributed by atoms with E-state index in [0.717, 1.165) is 12.5 Å². The van der Waals surface area contributed by atoms with Gasteiger partial charge in [-0.2, -0.15) is 0 Å². The lowest BCUT2D eigenvalue weighted by Crippen LogP contribution is -2.29. The molecule has 0 aliphatic heterocycles. The van der Waals surface area contributed by atoms with Crippen molar-refractivity contribution in [3.63, 3.8) is 0 Å². The summed E-state index contributed by atoms with van der Waals surface area (Å²) in [5, 5.41) is 0. The number of rotatable bonds is 5. The second-order valence-corrected chi connectivity index (χ2v) is 6.95. The minimum absolute atomic E-state index is 0.129. The molecule has 0 bridgehead atoms. The van der Waals surface area contributed by atoms with Crippen molar-refractivity contribution in [3.8, 4) is 0 Å². The molecule has 114 valence electrons. The van der Waals surface area contributed by atoms with Gasteiger partial charge in [-0.3, -0.25) is 0 Å². The molecule has 0 spiro atoms. The van der Waals surface area contributed by atoms with Crippen LogP contribution in [0.5, 0.6) is 0 Å². The second kappa shape index (κ2) is 6.17. The summed E-state index contributed by atoms with van der Waals surface area (Å²) in [5.74, 6) is -2.94. The Labute approximate surface area is 119 Å². The smallest absolute Gasteiger partial charge is 0.161 e. The molecule has 0 radical (unpaired) electrons. The Morgan fingerprint density at radius 2 is 1.45 bits per heavy atom. The first-order valence-corrected chi connectivity index (χ1v) is 6.78. The van der Waals surface area contributed by atoms with Crippen molar-refractivity contribution in [2.24, 2.45) is 5.41 Å². The number of hydrogen-bond acceptors (Lipinski definition) is 1. The zero-order chi connectivity index (χ0) is 15.6. The van der Waals surface area contributed by atoms with E-state index in [1.54, 1.807) is 0 Å². The fraction of sp³-hybridized carbons (Fsp3) is 0.625. The van der Waals surface area contributed by atoms with Gasteiger partial charge in [-0.15, -0.1) is 0 Å². The maximum Gasteiger partial charge on any atom is 0.161 e. The summed E-state index contributed by atoms with van der Waals surface area (Å²) in [6, 6.07) is 1.48. The molecule has 1 rings (SSSR count). The molecule has 4 heteroatoms. The van der Waals surface area contributed by atoms with Crippen LogP contribution < -0.4 is 0 Å². The van der Waals surface area contributed by atoms with E-state index < -0.39 is 23.1 Å². The van der Waals surface area contributed by atoms with Gasteiger partial charge >= 0.3 is 0 Å². The highest BCUT2D eigenvalue weighted by atomic mass is 19.2. The minimum atomic E-state index is -1.17. The predicted octanol–water partition coefficient (Wildman–Crippen LogP) is 4.88. The Kier molecular flexibility index (Phi) is 5.25. The van der Waals surface area contributed by atoms with Crippen LogP contribution in [-0.2, 0) is 11.2 Å². The average molecular weight is 288 g/mol. The fourth-order valence-electron chi connectivity index (χ4n) is 1.84. The van der Waals surface area contributed by atoms with Crippen molar-refractivity contribution in [2.75, 3.05) is 6.61 Å². The van der Waals surface area contributed by atoms with Gasteiger partial charge in [0.15, 0.2) is 11.6 Å². The summed E-state index contributed by atoms with van der Waals surface area (Å²) < 4.78 is 45.4. The topological polar surface area (TPSA) is 9.23 Å². The molecule has 0 fully saturated rings. The zero-order valence-corrected chi connectivity index (χ0v) is 12.8. The van der Waals surface area contributed by atoms with E-state index in [9.17, 15) is 13.2 Å². The molecule has 0 saturated carbocycles. The van der Waals surface area contributed by atoms with Crippen molar-refractivity contribution < 1.29 is 17.9 Å². The first kappa shape index (κ1) is 17.0. The molecule has 20 heavy (non-hydrogen) atoms. The normalized spacial score (nSPS) is 12.8. The molecule has 0 N–H and O–H groups in total. The summed E-state index contributed by atoms with van der Waals surface area (Å²) in [6.45, 7) is 10.5. The highest BCUT2D eigenvalue weighted by molar-refractivity contribution is 5.21. The summed E-state index contributed by atoms with van der Waals surface area (Å²) >= 11 is 0. The van der Waals surface area contributed by atoms with Crippen LogP contribution in [-0.4, -0.2) is 12.2 Å². The average Bonchev–Trinajstić information content (AvgIpc) is 2.23. The van der Waals surface area contributed by atoms with Gasteiger partial charge < -0.3 is 4.74 Å². The molecule has 0 saturated heterocycles. The molecular formula is C16H23F3O. The van der Waals surface area contributed by atoms with E-state index in [0.29, 0.717) is 12.7 Å². The van der Waals surface area contributed by atoms with Crippen LogP contribution in [0.3, 0.4) is 0 Å². The van der Waals surface area contributed by atoms with E-state index in [1.807, 2.05) is 13.8 Å². The van der Waals surface area contributed by atoms with E-state index in [2.05, 4.69) is 20.8 Å². The van der Waals surface area contributed by atoms with Gasteiger partial charge in [-0.05, 0) is 37.3 Å². The number of halogens is 3. The number of ether oxygens (including phenoxy) is 1. The molecule has 0 heterocycles. The van der Waals surface area contributed by atoms with Gasteiger partial charge in [0.25, 0.3) is 0 Å². The Bertz CT molecular complexity index is 462. The quantitative estimate of drug-likeness (QED) is 0.702. The SMILES string of the molecule is CC(C)(C)CCOC(C)(C)Cc1cc(F)c(F)cc1F. The van der Waals surface area contributed by atoms with Gasteiger partial charge in [0.1, 0.15) is 5.82 Å².